The van der Waals surface area contributed by atoms with Gasteiger partial charge >= 0.3 is 5.97 Å². The van der Waals surface area contributed by atoms with Crippen LogP contribution in [0.15, 0.2) is 0 Å². The summed E-state index contributed by atoms with van der Waals surface area (Å²) < 4.78 is 0. The Kier molecular flexibility index (Phi) is 5.28. The van der Waals surface area contributed by atoms with Crippen LogP contribution in [-0.2, 0) is 9.59 Å². The van der Waals surface area contributed by atoms with Crippen molar-refractivity contribution in [2.45, 2.75) is 90.1 Å². The Hall–Kier alpha value is -1.06. The first kappa shape index (κ1) is 16.3. The zero-order valence-corrected chi connectivity index (χ0v) is 13.4. The highest BCUT2D eigenvalue weighted by Gasteiger charge is 2.43. The van der Waals surface area contributed by atoms with Crippen molar-refractivity contribution in [3.8, 4) is 0 Å². The van der Waals surface area contributed by atoms with Gasteiger partial charge in [0.2, 0.25) is 5.91 Å². The van der Waals surface area contributed by atoms with Gasteiger partial charge in [-0.2, -0.15) is 0 Å². The van der Waals surface area contributed by atoms with E-state index >= 15 is 0 Å². The summed E-state index contributed by atoms with van der Waals surface area (Å²) in [5.41, 5.74) is -0.811. The Morgan fingerprint density at radius 3 is 2.29 bits per heavy atom. The molecular weight excluding hydrogens is 266 g/mol. The molecule has 1 saturated carbocycles. The number of carboxylic acid groups (broad SMARTS) is 1. The molecule has 0 aromatic carbocycles. The third-order valence-electron chi connectivity index (χ3n) is 5.55. The van der Waals surface area contributed by atoms with Crippen molar-refractivity contribution in [2.24, 2.45) is 5.41 Å². The smallest absolute Gasteiger partial charge is 0.310 e. The summed E-state index contributed by atoms with van der Waals surface area (Å²) in [4.78, 5) is 26.6. The van der Waals surface area contributed by atoms with E-state index in [1.54, 1.807) is 0 Å². The van der Waals surface area contributed by atoms with E-state index in [-0.39, 0.29) is 18.4 Å². The maximum Gasteiger partial charge on any atom is 0.310 e. The van der Waals surface area contributed by atoms with Gasteiger partial charge in [0.1, 0.15) is 0 Å². The molecule has 2 unspecified atom stereocenters. The van der Waals surface area contributed by atoms with E-state index in [1.165, 1.54) is 0 Å². The molecule has 1 aliphatic carbocycles. The highest BCUT2D eigenvalue weighted by atomic mass is 16.4. The summed E-state index contributed by atoms with van der Waals surface area (Å²) in [6.45, 7) is 4.20. The largest absolute Gasteiger partial charge is 0.481 e. The van der Waals surface area contributed by atoms with E-state index in [9.17, 15) is 14.7 Å². The summed E-state index contributed by atoms with van der Waals surface area (Å²) in [5, 5.41) is 9.72. The Balaban J connectivity index is 2.12. The third kappa shape index (κ3) is 3.41. The molecule has 1 aliphatic heterocycles. The van der Waals surface area contributed by atoms with Crippen molar-refractivity contribution >= 4 is 11.9 Å². The molecule has 0 radical (unpaired) electrons. The topological polar surface area (TPSA) is 57.6 Å². The quantitative estimate of drug-likeness (QED) is 0.806. The van der Waals surface area contributed by atoms with Crippen LogP contribution < -0.4 is 0 Å². The number of carbonyl (C=O) groups excluding carboxylic acids is 1. The highest BCUT2D eigenvalue weighted by Crippen LogP contribution is 2.40. The lowest BCUT2D eigenvalue weighted by atomic mass is 9.77. The van der Waals surface area contributed by atoms with Gasteiger partial charge in [0.05, 0.1) is 5.41 Å². The normalized spacial score (nSPS) is 29.1. The second kappa shape index (κ2) is 6.80. The Morgan fingerprint density at radius 2 is 1.76 bits per heavy atom. The minimum Gasteiger partial charge on any atom is -0.481 e. The van der Waals surface area contributed by atoms with E-state index in [4.69, 9.17) is 0 Å². The minimum absolute atomic E-state index is 0.0659. The van der Waals surface area contributed by atoms with Crippen LogP contribution in [-0.4, -0.2) is 34.0 Å². The molecule has 4 nitrogen and oxygen atoms in total. The summed E-state index contributed by atoms with van der Waals surface area (Å²) in [6.07, 6.45) is 8.66. The molecule has 2 rings (SSSR count). The van der Waals surface area contributed by atoms with E-state index in [1.807, 2.05) is 4.90 Å². The molecule has 1 N–H and O–H groups in total. The van der Waals surface area contributed by atoms with Crippen molar-refractivity contribution in [1.29, 1.82) is 0 Å². The first-order valence-electron chi connectivity index (χ1n) is 8.55. The van der Waals surface area contributed by atoms with Crippen LogP contribution >= 0.6 is 0 Å². The lowest BCUT2D eigenvalue weighted by Crippen LogP contribution is -2.44. The third-order valence-corrected chi connectivity index (χ3v) is 5.55. The summed E-state index contributed by atoms with van der Waals surface area (Å²) >= 11 is 0. The van der Waals surface area contributed by atoms with E-state index in [0.717, 1.165) is 44.9 Å². The molecule has 0 bridgehead atoms. The van der Waals surface area contributed by atoms with E-state index in [2.05, 4.69) is 13.8 Å². The Morgan fingerprint density at radius 1 is 1.14 bits per heavy atom. The Bertz CT molecular complexity index is 385. The van der Waals surface area contributed by atoms with Crippen molar-refractivity contribution in [1.82, 2.24) is 4.90 Å². The zero-order chi connectivity index (χ0) is 15.5. The standard InChI is InChI=1S/C17H29NO3/c1-3-14-9-8-13(2)18(14)15(19)12-17(16(20)21)10-6-4-5-7-11-17/h13-14H,3-12H2,1-2H3,(H,20,21). The van der Waals surface area contributed by atoms with Gasteiger partial charge in [0, 0.05) is 18.5 Å². The molecule has 1 saturated heterocycles. The molecule has 2 aliphatic rings. The van der Waals surface area contributed by atoms with Crippen LogP contribution in [0.5, 0.6) is 0 Å². The number of hydrogen-bond acceptors (Lipinski definition) is 2. The van der Waals surface area contributed by atoms with Gasteiger partial charge in [-0.3, -0.25) is 9.59 Å². The number of nitrogens with zero attached hydrogens (tertiary/aromatic N) is 1. The fourth-order valence-corrected chi connectivity index (χ4v) is 4.17. The molecular formula is C17H29NO3. The van der Waals surface area contributed by atoms with Gasteiger partial charge in [0.15, 0.2) is 0 Å². The number of carboxylic acids is 1. The predicted molar refractivity (Wildman–Crippen MR) is 82.0 cm³/mol. The Labute approximate surface area is 127 Å². The van der Waals surface area contributed by atoms with Crippen molar-refractivity contribution < 1.29 is 14.7 Å². The lowest BCUT2D eigenvalue weighted by molar-refractivity contribution is -0.155. The predicted octanol–water partition coefficient (Wildman–Crippen LogP) is 3.59. The second-order valence-electron chi connectivity index (χ2n) is 6.97. The van der Waals surface area contributed by atoms with Gasteiger partial charge in [-0.1, -0.05) is 32.6 Å². The van der Waals surface area contributed by atoms with Crippen LogP contribution in [0.25, 0.3) is 0 Å². The summed E-state index contributed by atoms with van der Waals surface area (Å²) in [7, 11) is 0. The molecule has 2 atom stereocenters. The van der Waals surface area contributed by atoms with Crippen LogP contribution in [0.4, 0.5) is 0 Å². The maximum absolute atomic E-state index is 12.8. The molecule has 0 aromatic rings. The average molecular weight is 295 g/mol. The second-order valence-corrected chi connectivity index (χ2v) is 6.97. The lowest BCUT2D eigenvalue weighted by Gasteiger charge is -2.33. The molecule has 21 heavy (non-hydrogen) atoms. The number of likely N-dealkylation sites (tertiary alicyclic amines) is 1. The minimum atomic E-state index is -0.811. The summed E-state index contributed by atoms with van der Waals surface area (Å²) in [6, 6.07) is 0.572. The first-order valence-corrected chi connectivity index (χ1v) is 8.55. The van der Waals surface area contributed by atoms with Crippen LogP contribution in [0, 0.1) is 5.41 Å². The molecule has 120 valence electrons. The summed E-state index contributed by atoms with van der Waals surface area (Å²) in [5.74, 6) is -0.700. The van der Waals surface area contributed by atoms with Crippen LogP contribution in [0.1, 0.15) is 78.1 Å². The van der Waals surface area contributed by atoms with Crippen molar-refractivity contribution in [2.75, 3.05) is 0 Å². The van der Waals surface area contributed by atoms with Crippen molar-refractivity contribution in [3.63, 3.8) is 0 Å². The van der Waals surface area contributed by atoms with Gasteiger partial charge in [-0.05, 0) is 39.0 Å². The zero-order valence-electron chi connectivity index (χ0n) is 13.4. The molecule has 4 heteroatoms. The SMILES string of the molecule is CCC1CCC(C)N1C(=O)CC1(C(=O)O)CCCCCC1. The van der Waals surface area contributed by atoms with Crippen LogP contribution in [0.3, 0.4) is 0 Å². The molecule has 2 fully saturated rings. The average Bonchev–Trinajstić information content (AvgIpc) is 2.67. The van der Waals surface area contributed by atoms with Gasteiger partial charge < -0.3 is 10.0 Å². The number of amides is 1. The highest BCUT2D eigenvalue weighted by molar-refractivity contribution is 5.85. The number of rotatable bonds is 4. The van der Waals surface area contributed by atoms with Gasteiger partial charge in [-0.15, -0.1) is 0 Å². The monoisotopic (exact) mass is 295 g/mol. The van der Waals surface area contributed by atoms with Crippen molar-refractivity contribution in [3.05, 3.63) is 0 Å². The number of hydrogen-bond donors (Lipinski definition) is 1. The number of aliphatic carboxylic acids is 1. The van der Waals surface area contributed by atoms with E-state index < -0.39 is 11.4 Å². The fourth-order valence-electron chi connectivity index (χ4n) is 4.17. The fraction of sp³-hybridized carbons (Fsp3) is 0.882. The van der Waals surface area contributed by atoms with Gasteiger partial charge in [-0.25, -0.2) is 0 Å². The molecule has 0 spiro atoms. The molecule has 1 amide bonds. The first-order chi connectivity index (χ1) is 10.00. The van der Waals surface area contributed by atoms with Gasteiger partial charge in [0.25, 0.3) is 0 Å². The number of carbonyl (C=O) groups is 2. The maximum atomic E-state index is 12.8. The van der Waals surface area contributed by atoms with E-state index in [0.29, 0.717) is 18.9 Å². The molecule has 0 aromatic heterocycles. The molecule has 1 heterocycles. The van der Waals surface area contributed by atoms with Crippen LogP contribution in [0.2, 0.25) is 0 Å².